The molecule has 1 fully saturated rings. The van der Waals surface area contributed by atoms with Crippen LogP contribution in [-0.4, -0.2) is 42.3 Å². The molecule has 2 unspecified atom stereocenters. The maximum Gasteiger partial charge on any atom is 0.254 e. The van der Waals surface area contributed by atoms with Crippen LogP contribution in [0.2, 0.25) is 0 Å². The van der Waals surface area contributed by atoms with Gasteiger partial charge in [-0.2, -0.15) is 0 Å². The normalized spacial score (nSPS) is 35.4. The lowest BCUT2D eigenvalue weighted by molar-refractivity contribution is -0.285. The molecule has 0 aliphatic carbocycles. The molecule has 1 heterocycles. The van der Waals surface area contributed by atoms with E-state index in [0.29, 0.717) is 18.8 Å². The number of carbonyl (C=O) groups excluding carboxylic acids is 2. The van der Waals surface area contributed by atoms with Crippen LogP contribution < -0.4 is 0 Å². The van der Waals surface area contributed by atoms with Gasteiger partial charge in [0.2, 0.25) is 5.79 Å². The van der Waals surface area contributed by atoms with E-state index in [-0.39, 0.29) is 18.5 Å². The average Bonchev–Trinajstić information content (AvgIpc) is 2.38. The molecule has 1 N–H and O–H groups in total. The number of carbonyl (C=O) groups is 2. The Labute approximate surface area is 114 Å². The molecular weight excluding hydrogens is 248 g/mol. The maximum absolute atomic E-state index is 11.6. The molecule has 0 bridgehead atoms. The first-order valence-electron chi connectivity index (χ1n) is 6.77. The first-order chi connectivity index (χ1) is 8.85. The van der Waals surface area contributed by atoms with Crippen molar-refractivity contribution in [3.63, 3.8) is 0 Å². The van der Waals surface area contributed by atoms with Crippen molar-refractivity contribution >= 4 is 12.1 Å². The molecule has 0 radical (unpaired) electrons. The van der Waals surface area contributed by atoms with E-state index in [0.717, 1.165) is 6.42 Å². The summed E-state index contributed by atoms with van der Waals surface area (Å²) in [5, 5.41) is 10.3. The van der Waals surface area contributed by atoms with Gasteiger partial charge in [0.15, 0.2) is 6.29 Å². The topological polar surface area (TPSA) is 72.8 Å². The van der Waals surface area contributed by atoms with Gasteiger partial charge in [-0.15, -0.1) is 0 Å². The maximum atomic E-state index is 11.6. The molecule has 1 rings (SSSR count). The van der Waals surface area contributed by atoms with Gasteiger partial charge in [-0.05, 0) is 25.2 Å². The number of hydrogen-bond acceptors (Lipinski definition) is 5. The van der Waals surface area contributed by atoms with E-state index >= 15 is 0 Å². The number of aliphatic hydroxyl groups is 1. The summed E-state index contributed by atoms with van der Waals surface area (Å²) in [6.45, 7) is 5.87. The van der Waals surface area contributed by atoms with Crippen LogP contribution in [0.1, 0.15) is 40.0 Å². The van der Waals surface area contributed by atoms with Crippen molar-refractivity contribution < 1.29 is 24.2 Å². The molecule has 5 heteroatoms. The number of methoxy groups -OCH3 is 1. The third-order valence-electron chi connectivity index (χ3n) is 3.79. The second-order valence-electron chi connectivity index (χ2n) is 5.72. The van der Waals surface area contributed by atoms with Gasteiger partial charge < -0.3 is 14.6 Å². The monoisotopic (exact) mass is 272 g/mol. The number of rotatable bonds is 6. The average molecular weight is 272 g/mol. The van der Waals surface area contributed by atoms with Gasteiger partial charge in [-0.3, -0.25) is 9.59 Å². The van der Waals surface area contributed by atoms with Crippen LogP contribution in [0.25, 0.3) is 0 Å². The molecule has 1 saturated heterocycles. The number of Topliss-reactive ketones (excluding diaryl/α,β-unsaturated/α-hetero) is 1. The minimum absolute atomic E-state index is 0.128. The summed E-state index contributed by atoms with van der Waals surface area (Å²) in [7, 11) is 1.59. The third kappa shape index (κ3) is 3.61. The van der Waals surface area contributed by atoms with Crippen LogP contribution >= 0.6 is 0 Å². The van der Waals surface area contributed by atoms with E-state index in [1.807, 2.05) is 0 Å². The van der Waals surface area contributed by atoms with E-state index < -0.39 is 17.5 Å². The van der Waals surface area contributed by atoms with Crippen LogP contribution in [0.5, 0.6) is 0 Å². The Morgan fingerprint density at radius 1 is 1.58 bits per heavy atom. The van der Waals surface area contributed by atoms with E-state index in [4.69, 9.17) is 9.47 Å². The van der Waals surface area contributed by atoms with Crippen LogP contribution in [0, 0.1) is 11.8 Å². The minimum atomic E-state index is -2.00. The minimum Gasteiger partial charge on any atom is -0.379 e. The Balaban J connectivity index is 2.83. The predicted molar refractivity (Wildman–Crippen MR) is 69.5 cm³/mol. The first-order valence-corrected chi connectivity index (χ1v) is 6.77. The molecule has 0 aromatic heterocycles. The highest BCUT2D eigenvalue weighted by Crippen LogP contribution is 2.36. The van der Waals surface area contributed by atoms with Crippen molar-refractivity contribution in [3.8, 4) is 0 Å². The smallest absolute Gasteiger partial charge is 0.254 e. The van der Waals surface area contributed by atoms with Gasteiger partial charge in [0, 0.05) is 13.0 Å². The van der Waals surface area contributed by atoms with E-state index in [9.17, 15) is 14.7 Å². The zero-order valence-corrected chi connectivity index (χ0v) is 12.1. The van der Waals surface area contributed by atoms with Crippen molar-refractivity contribution in [1.82, 2.24) is 0 Å². The Kier molecular flexibility index (Phi) is 5.64. The third-order valence-corrected chi connectivity index (χ3v) is 3.79. The largest absolute Gasteiger partial charge is 0.379 e. The molecular formula is C14H24O5. The lowest BCUT2D eigenvalue weighted by atomic mass is 9.84. The van der Waals surface area contributed by atoms with Gasteiger partial charge in [0.1, 0.15) is 0 Å². The predicted octanol–water partition coefficient (Wildman–Crippen LogP) is 1.32. The molecule has 0 aromatic carbocycles. The quantitative estimate of drug-likeness (QED) is 0.583. The summed E-state index contributed by atoms with van der Waals surface area (Å²) in [6, 6.07) is 0. The van der Waals surface area contributed by atoms with Crippen molar-refractivity contribution in [1.29, 1.82) is 0 Å². The summed E-state index contributed by atoms with van der Waals surface area (Å²) in [5.41, 5.74) is 0. The number of aldehydes is 1. The van der Waals surface area contributed by atoms with Crippen molar-refractivity contribution in [2.75, 3.05) is 7.11 Å². The van der Waals surface area contributed by atoms with Crippen molar-refractivity contribution in [2.24, 2.45) is 11.8 Å². The molecule has 1 aliphatic rings. The fourth-order valence-corrected chi connectivity index (χ4v) is 2.46. The fourth-order valence-electron chi connectivity index (χ4n) is 2.46. The van der Waals surface area contributed by atoms with Gasteiger partial charge >= 0.3 is 0 Å². The zero-order chi connectivity index (χ0) is 14.6. The molecule has 0 amide bonds. The molecule has 19 heavy (non-hydrogen) atoms. The molecule has 5 nitrogen and oxygen atoms in total. The van der Waals surface area contributed by atoms with E-state index in [2.05, 4.69) is 13.8 Å². The van der Waals surface area contributed by atoms with Gasteiger partial charge in [0.05, 0.1) is 12.2 Å². The molecule has 4 atom stereocenters. The summed E-state index contributed by atoms with van der Waals surface area (Å²) < 4.78 is 10.9. The highest BCUT2D eigenvalue weighted by molar-refractivity contribution is 6.28. The highest BCUT2D eigenvalue weighted by atomic mass is 16.7. The summed E-state index contributed by atoms with van der Waals surface area (Å²) >= 11 is 0. The second-order valence-corrected chi connectivity index (χ2v) is 5.72. The highest BCUT2D eigenvalue weighted by Gasteiger charge is 2.50. The summed E-state index contributed by atoms with van der Waals surface area (Å²) in [5.74, 6) is -2.89. The Morgan fingerprint density at radius 2 is 2.21 bits per heavy atom. The summed E-state index contributed by atoms with van der Waals surface area (Å²) in [6.07, 6.45) is 1.70. The SMILES string of the molecule is CO[C@H]1C[C@@H](C)C(O)(C(=O)C=O)OC1CCC(C)C. The van der Waals surface area contributed by atoms with Gasteiger partial charge in [-0.1, -0.05) is 20.8 Å². The van der Waals surface area contributed by atoms with Crippen molar-refractivity contribution in [3.05, 3.63) is 0 Å². The van der Waals surface area contributed by atoms with Crippen molar-refractivity contribution in [2.45, 2.75) is 58.0 Å². The Bertz CT molecular complexity index is 328. The van der Waals surface area contributed by atoms with Crippen LogP contribution in [0.3, 0.4) is 0 Å². The lowest BCUT2D eigenvalue weighted by Crippen LogP contribution is -2.57. The van der Waals surface area contributed by atoms with Crippen LogP contribution in [0.4, 0.5) is 0 Å². The van der Waals surface area contributed by atoms with E-state index in [1.54, 1.807) is 14.0 Å². The lowest BCUT2D eigenvalue weighted by Gasteiger charge is -2.43. The van der Waals surface area contributed by atoms with Crippen LogP contribution in [0.15, 0.2) is 0 Å². The molecule has 110 valence electrons. The Morgan fingerprint density at radius 3 is 2.68 bits per heavy atom. The Hall–Kier alpha value is -0.780. The standard InChI is InChI=1S/C14H24O5/c1-9(2)5-6-11-12(18-4)7-10(3)14(17,19-11)13(16)8-15/h8-12,17H,5-7H2,1-4H3/t10-,11?,12+,14?/m1/s1. The second kappa shape index (κ2) is 6.59. The molecule has 0 saturated carbocycles. The number of ketones is 1. The number of hydrogen-bond donors (Lipinski definition) is 1. The first kappa shape index (κ1) is 16.3. The summed E-state index contributed by atoms with van der Waals surface area (Å²) in [4.78, 5) is 22.3. The number of ether oxygens (including phenoxy) is 2. The molecule has 0 aromatic rings. The molecule has 0 spiro atoms. The fraction of sp³-hybridized carbons (Fsp3) is 0.857. The van der Waals surface area contributed by atoms with Gasteiger partial charge in [0.25, 0.3) is 5.78 Å². The molecule has 1 aliphatic heterocycles. The van der Waals surface area contributed by atoms with Gasteiger partial charge in [-0.25, -0.2) is 0 Å². The zero-order valence-electron chi connectivity index (χ0n) is 12.1. The van der Waals surface area contributed by atoms with E-state index in [1.165, 1.54) is 0 Å². The van der Waals surface area contributed by atoms with Crippen LogP contribution in [-0.2, 0) is 19.1 Å².